The Bertz CT molecular complexity index is 988. The first-order valence-corrected chi connectivity index (χ1v) is 9.87. The van der Waals surface area contributed by atoms with Crippen LogP contribution in [-0.2, 0) is 4.79 Å². The first kappa shape index (κ1) is 18.7. The van der Waals surface area contributed by atoms with E-state index in [1.807, 2.05) is 36.5 Å². The second-order valence-corrected chi connectivity index (χ2v) is 7.58. The Morgan fingerprint density at radius 2 is 2.21 bits per heavy atom. The minimum absolute atomic E-state index is 0.0503. The van der Waals surface area contributed by atoms with Crippen LogP contribution in [0.25, 0.3) is 11.0 Å². The molecule has 28 heavy (non-hydrogen) atoms. The van der Waals surface area contributed by atoms with Gasteiger partial charge in [-0.15, -0.1) is 0 Å². The van der Waals surface area contributed by atoms with Crippen molar-refractivity contribution in [2.75, 3.05) is 11.9 Å². The van der Waals surface area contributed by atoms with Gasteiger partial charge in [-0.1, -0.05) is 17.7 Å². The normalized spacial score (nSPS) is 19.6. The molecule has 1 amide bonds. The van der Waals surface area contributed by atoms with Gasteiger partial charge < -0.3 is 21.4 Å². The van der Waals surface area contributed by atoms with Crippen LogP contribution in [0.1, 0.15) is 37.4 Å². The number of hydrogen-bond donors (Lipinski definition) is 4. The number of rotatable bonds is 6. The SMILES string of the molecule is NC(=O)CCC1CCCNC1c1nc(Nc2cccc(Cl)c2)nc2[nH]ccc12. The summed E-state index contributed by atoms with van der Waals surface area (Å²) in [5, 5.41) is 8.46. The van der Waals surface area contributed by atoms with Crippen LogP contribution in [0.5, 0.6) is 0 Å². The Morgan fingerprint density at radius 1 is 1.32 bits per heavy atom. The molecule has 1 aromatic carbocycles. The van der Waals surface area contributed by atoms with E-state index in [2.05, 4.69) is 20.6 Å². The lowest BCUT2D eigenvalue weighted by Gasteiger charge is -2.32. The molecule has 7 nitrogen and oxygen atoms in total. The highest BCUT2D eigenvalue weighted by Gasteiger charge is 2.29. The van der Waals surface area contributed by atoms with Gasteiger partial charge in [0.05, 0.1) is 11.7 Å². The summed E-state index contributed by atoms with van der Waals surface area (Å²) in [6, 6.07) is 9.49. The largest absolute Gasteiger partial charge is 0.370 e. The second kappa shape index (κ2) is 8.16. The zero-order chi connectivity index (χ0) is 19.5. The Morgan fingerprint density at radius 3 is 3.04 bits per heavy atom. The van der Waals surface area contributed by atoms with Gasteiger partial charge in [-0.05, 0) is 56.0 Å². The van der Waals surface area contributed by atoms with E-state index in [1.54, 1.807) is 0 Å². The summed E-state index contributed by atoms with van der Waals surface area (Å²) in [5.41, 5.74) is 7.91. The Balaban J connectivity index is 1.68. The van der Waals surface area contributed by atoms with E-state index in [1.165, 1.54) is 0 Å². The maximum atomic E-state index is 11.3. The van der Waals surface area contributed by atoms with E-state index in [0.29, 0.717) is 23.3 Å². The first-order valence-electron chi connectivity index (χ1n) is 9.49. The summed E-state index contributed by atoms with van der Waals surface area (Å²) in [6.45, 7) is 0.921. The number of hydrogen-bond acceptors (Lipinski definition) is 5. The van der Waals surface area contributed by atoms with Crippen molar-refractivity contribution >= 4 is 40.2 Å². The molecule has 0 saturated carbocycles. The van der Waals surface area contributed by atoms with Gasteiger partial charge in [-0.3, -0.25) is 4.79 Å². The number of aromatic nitrogens is 3. The molecule has 3 heterocycles. The number of H-pyrrole nitrogens is 1. The van der Waals surface area contributed by atoms with Crippen molar-refractivity contribution in [1.29, 1.82) is 0 Å². The molecule has 2 unspecified atom stereocenters. The third kappa shape index (κ3) is 4.10. The molecular weight excluding hydrogens is 376 g/mol. The molecular formula is C20H23ClN6O. The Labute approximate surface area is 168 Å². The number of carbonyl (C=O) groups is 1. The molecule has 2 atom stereocenters. The van der Waals surface area contributed by atoms with Crippen LogP contribution in [0.4, 0.5) is 11.6 Å². The van der Waals surface area contributed by atoms with Crippen LogP contribution in [0.2, 0.25) is 5.02 Å². The van der Waals surface area contributed by atoms with Crippen molar-refractivity contribution in [2.45, 2.75) is 31.7 Å². The van der Waals surface area contributed by atoms with Crippen LogP contribution in [0, 0.1) is 5.92 Å². The van der Waals surface area contributed by atoms with Crippen LogP contribution < -0.4 is 16.4 Å². The lowest BCUT2D eigenvalue weighted by atomic mass is 9.84. The van der Waals surface area contributed by atoms with Gasteiger partial charge in [0.2, 0.25) is 11.9 Å². The third-order valence-corrected chi connectivity index (χ3v) is 5.40. The lowest BCUT2D eigenvalue weighted by molar-refractivity contribution is -0.118. The average Bonchev–Trinajstić information content (AvgIpc) is 3.14. The molecule has 0 spiro atoms. The number of nitrogens with zero attached hydrogens (tertiary/aromatic N) is 2. The van der Waals surface area contributed by atoms with Crippen LogP contribution in [0.3, 0.4) is 0 Å². The van der Waals surface area contributed by atoms with Crippen LogP contribution in [0.15, 0.2) is 36.5 Å². The topological polar surface area (TPSA) is 109 Å². The van der Waals surface area contributed by atoms with Crippen LogP contribution in [-0.4, -0.2) is 27.4 Å². The van der Waals surface area contributed by atoms with E-state index in [4.69, 9.17) is 22.3 Å². The molecule has 0 radical (unpaired) electrons. The summed E-state index contributed by atoms with van der Waals surface area (Å²) >= 11 is 6.09. The number of nitrogens with one attached hydrogen (secondary N) is 3. The fraction of sp³-hybridized carbons (Fsp3) is 0.350. The third-order valence-electron chi connectivity index (χ3n) is 5.17. The Kier molecular flexibility index (Phi) is 5.45. The van der Waals surface area contributed by atoms with E-state index in [9.17, 15) is 4.79 Å². The summed E-state index contributed by atoms with van der Waals surface area (Å²) in [5.74, 6) is 0.545. The molecule has 3 aromatic rings. The fourth-order valence-electron chi connectivity index (χ4n) is 3.87. The molecule has 146 valence electrons. The van der Waals surface area contributed by atoms with E-state index >= 15 is 0 Å². The molecule has 1 saturated heterocycles. The summed E-state index contributed by atoms with van der Waals surface area (Å²) < 4.78 is 0. The van der Waals surface area contributed by atoms with Crippen molar-refractivity contribution in [2.24, 2.45) is 11.7 Å². The highest BCUT2D eigenvalue weighted by atomic mass is 35.5. The molecule has 5 N–H and O–H groups in total. The number of halogens is 1. The maximum absolute atomic E-state index is 11.3. The van der Waals surface area contributed by atoms with E-state index in [-0.39, 0.29) is 11.9 Å². The van der Waals surface area contributed by atoms with Crippen molar-refractivity contribution in [3.8, 4) is 0 Å². The summed E-state index contributed by atoms with van der Waals surface area (Å²) in [7, 11) is 0. The molecule has 4 rings (SSSR count). The molecule has 1 aliphatic rings. The van der Waals surface area contributed by atoms with Gasteiger partial charge in [0.15, 0.2) is 0 Å². The number of benzene rings is 1. The average molecular weight is 399 g/mol. The number of aromatic amines is 1. The van der Waals surface area contributed by atoms with Crippen molar-refractivity contribution < 1.29 is 4.79 Å². The number of primary amides is 1. The first-order chi connectivity index (χ1) is 13.6. The second-order valence-electron chi connectivity index (χ2n) is 7.15. The van der Waals surface area contributed by atoms with Gasteiger partial charge in [0, 0.05) is 28.7 Å². The number of nitrogens with two attached hydrogens (primary N) is 1. The van der Waals surface area contributed by atoms with Crippen molar-refractivity contribution in [1.82, 2.24) is 20.3 Å². The number of piperidine rings is 1. The van der Waals surface area contributed by atoms with Gasteiger partial charge in [0.25, 0.3) is 0 Å². The quantitative estimate of drug-likeness (QED) is 0.506. The van der Waals surface area contributed by atoms with Gasteiger partial charge in [0.1, 0.15) is 5.65 Å². The Hall–Kier alpha value is -2.64. The zero-order valence-electron chi connectivity index (χ0n) is 15.4. The monoisotopic (exact) mass is 398 g/mol. The van der Waals surface area contributed by atoms with E-state index < -0.39 is 0 Å². The smallest absolute Gasteiger partial charge is 0.229 e. The number of anilines is 2. The predicted octanol–water partition coefficient (Wildman–Crippen LogP) is 3.66. The van der Waals surface area contributed by atoms with Crippen molar-refractivity contribution in [3.05, 3.63) is 47.2 Å². The molecule has 8 heteroatoms. The predicted molar refractivity (Wildman–Crippen MR) is 111 cm³/mol. The van der Waals surface area contributed by atoms with Gasteiger partial charge in [-0.2, -0.15) is 4.98 Å². The van der Waals surface area contributed by atoms with E-state index in [0.717, 1.165) is 48.2 Å². The zero-order valence-corrected chi connectivity index (χ0v) is 16.2. The summed E-state index contributed by atoms with van der Waals surface area (Å²) in [4.78, 5) is 23.9. The molecule has 1 aliphatic heterocycles. The molecule has 1 fully saturated rings. The maximum Gasteiger partial charge on any atom is 0.229 e. The number of fused-ring (bicyclic) bond motifs is 1. The number of amides is 1. The molecule has 0 bridgehead atoms. The van der Waals surface area contributed by atoms with Crippen molar-refractivity contribution in [3.63, 3.8) is 0 Å². The fourth-order valence-corrected chi connectivity index (χ4v) is 4.06. The number of carbonyl (C=O) groups excluding carboxylic acids is 1. The van der Waals surface area contributed by atoms with Gasteiger partial charge >= 0.3 is 0 Å². The van der Waals surface area contributed by atoms with Crippen LogP contribution >= 0.6 is 11.6 Å². The van der Waals surface area contributed by atoms with Gasteiger partial charge in [-0.25, -0.2) is 4.98 Å². The lowest BCUT2D eigenvalue weighted by Crippen LogP contribution is -2.35. The highest BCUT2D eigenvalue weighted by molar-refractivity contribution is 6.30. The summed E-state index contributed by atoms with van der Waals surface area (Å²) in [6.07, 6.45) is 5.12. The minimum Gasteiger partial charge on any atom is -0.370 e. The molecule has 0 aliphatic carbocycles. The minimum atomic E-state index is -0.262. The standard InChI is InChI=1S/C20H23ClN6O/c21-13-4-1-5-14(11-13)25-20-26-18(15-8-10-24-19(15)27-20)17-12(3-2-9-23-17)6-7-16(22)28/h1,4-5,8,10-12,17,23H,2-3,6-7,9H2,(H2,22,28)(H2,24,25,26,27). The molecule has 2 aromatic heterocycles. The highest BCUT2D eigenvalue weighted by Crippen LogP contribution is 2.35.